The second-order valence-corrected chi connectivity index (χ2v) is 10.0. The second-order valence-electron chi connectivity index (χ2n) is 10.0. The number of halogens is 3. The van der Waals surface area contributed by atoms with Crippen molar-refractivity contribution in [1.82, 2.24) is 15.2 Å². The van der Waals surface area contributed by atoms with Gasteiger partial charge in [-0.2, -0.15) is 18.4 Å². The second kappa shape index (κ2) is 9.12. The number of nitrogens with zero attached hydrogens (tertiary/aromatic N) is 4. The smallest absolute Gasteiger partial charge is 0.371 e. The number of carbonyl (C=O) groups excluding carboxylic acids is 2. The maximum Gasteiger partial charge on any atom is 0.417 e. The molecule has 3 heterocycles. The highest BCUT2D eigenvalue weighted by Gasteiger charge is 2.50. The van der Waals surface area contributed by atoms with E-state index in [4.69, 9.17) is 5.26 Å². The zero-order chi connectivity index (χ0) is 25.5. The first-order chi connectivity index (χ1) is 17.2. The Balaban J connectivity index is 1.34. The van der Waals surface area contributed by atoms with Crippen LogP contribution in [0.4, 0.5) is 18.9 Å². The quantitative estimate of drug-likeness (QED) is 0.695. The molecule has 1 atom stereocenters. The van der Waals surface area contributed by atoms with Crippen molar-refractivity contribution in [3.63, 3.8) is 0 Å². The average molecular weight is 498 g/mol. The Hall–Kier alpha value is -3.61. The summed E-state index contributed by atoms with van der Waals surface area (Å²) in [6.07, 6.45) is 2.15. The Morgan fingerprint density at radius 3 is 2.53 bits per heavy atom. The normalized spacial score (nSPS) is 21.3. The van der Waals surface area contributed by atoms with Gasteiger partial charge >= 0.3 is 6.18 Å². The predicted octanol–water partition coefficient (Wildman–Crippen LogP) is 3.75. The minimum Gasteiger partial charge on any atom is -0.371 e. The third-order valence-electron chi connectivity index (χ3n) is 7.52. The maximum absolute atomic E-state index is 13.4. The van der Waals surface area contributed by atoms with E-state index in [-0.39, 0.29) is 23.3 Å². The van der Waals surface area contributed by atoms with Gasteiger partial charge < -0.3 is 15.1 Å². The fourth-order valence-electron chi connectivity index (χ4n) is 5.35. The third kappa shape index (κ3) is 4.74. The number of benzene rings is 1. The molecule has 5 rings (SSSR count). The lowest BCUT2D eigenvalue weighted by atomic mass is 9.76. The van der Waals surface area contributed by atoms with Gasteiger partial charge in [-0.15, -0.1) is 0 Å². The number of amides is 2. The molecule has 2 saturated heterocycles. The third-order valence-corrected chi connectivity index (χ3v) is 7.52. The molecule has 1 aliphatic carbocycles. The van der Waals surface area contributed by atoms with Crippen molar-refractivity contribution in [2.75, 3.05) is 24.5 Å². The molecule has 1 aromatic carbocycles. The van der Waals surface area contributed by atoms with Crippen molar-refractivity contribution in [3.05, 3.63) is 59.4 Å². The monoisotopic (exact) mass is 497 g/mol. The Bertz CT molecular complexity index is 1200. The van der Waals surface area contributed by atoms with Crippen molar-refractivity contribution in [2.24, 2.45) is 5.41 Å². The van der Waals surface area contributed by atoms with Crippen LogP contribution < -0.4 is 10.2 Å². The predicted molar refractivity (Wildman–Crippen MR) is 125 cm³/mol. The Labute approximate surface area is 206 Å². The summed E-state index contributed by atoms with van der Waals surface area (Å²) in [6, 6.07) is 8.36. The van der Waals surface area contributed by atoms with E-state index in [0.29, 0.717) is 50.1 Å². The molecule has 188 valence electrons. The highest BCUT2D eigenvalue weighted by atomic mass is 19.4. The molecule has 1 unspecified atom stereocenters. The number of rotatable bonds is 4. The zero-order valence-electron chi connectivity index (χ0n) is 19.6. The van der Waals surface area contributed by atoms with Crippen LogP contribution in [0, 0.1) is 16.7 Å². The van der Waals surface area contributed by atoms with Crippen LogP contribution in [0.3, 0.4) is 0 Å². The summed E-state index contributed by atoms with van der Waals surface area (Å²) in [6.45, 7) is 1.41. The number of piperidine rings is 1. The van der Waals surface area contributed by atoms with Crippen LogP contribution >= 0.6 is 0 Å². The van der Waals surface area contributed by atoms with Gasteiger partial charge in [-0.1, -0.05) is 0 Å². The van der Waals surface area contributed by atoms with Crippen LogP contribution in [0.15, 0.2) is 42.7 Å². The van der Waals surface area contributed by atoms with Crippen molar-refractivity contribution >= 4 is 17.5 Å². The first-order valence-electron chi connectivity index (χ1n) is 12.1. The number of alkyl halides is 3. The van der Waals surface area contributed by atoms with Gasteiger partial charge in [0.05, 0.1) is 22.8 Å². The van der Waals surface area contributed by atoms with Crippen molar-refractivity contribution < 1.29 is 22.8 Å². The maximum atomic E-state index is 13.4. The summed E-state index contributed by atoms with van der Waals surface area (Å²) in [5.41, 5.74) is -0.786. The fourth-order valence-corrected chi connectivity index (χ4v) is 5.35. The van der Waals surface area contributed by atoms with E-state index in [0.717, 1.165) is 18.9 Å². The number of anilines is 1. The molecule has 1 aromatic heterocycles. The van der Waals surface area contributed by atoms with Gasteiger partial charge in [0.25, 0.3) is 5.91 Å². The summed E-state index contributed by atoms with van der Waals surface area (Å²) in [5, 5.41) is 12.1. The summed E-state index contributed by atoms with van der Waals surface area (Å²) >= 11 is 0. The number of aromatic nitrogens is 1. The van der Waals surface area contributed by atoms with Crippen LogP contribution in [0.5, 0.6) is 0 Å². The molecule has 2 amide bonds. The average Bonchev–Trinajstić information content (AvgIpc) is 3.62. The molecular formula is C26H26F3N5O2. The number of nitriles is 1. The van der Waals surface area contributed by atoms with Crippen molar-refractivity contribution in [1.29, 1.82) is 5.26 Å². The van der Waals surface area contributed by atoms with E-state index < -0.39 is 23.3 Å². The summed E-state index contributed by atoms with van der Waals surface area (Å²) < 4.78 is 40.3. The molecule has 0 radical (unpaired) electrons. The van der Waals surface area contributed by atoms with Crippen LogP contribution in [0.1, 0.15) is 53.6 Å². The number of hydrogen-bond donors (Lipinski definition) is 1. The van der Waals surface area contributed by atoms with E-state index in [1.807, 2.05) is 4.90 Å². The lowest BCUT2D eigenvalue weighted by molar-refractivity contribution is -0.137. The lowest BCUT2D eigenvalue weighted by Gasteiger charge is -2.40. The minimum atomic E-state index is -4.61. The molecule has 1 N–H and O–H groups in total. The van der Waals surface area contributed by atoms with Gasteiger partial charge in [0.1, 0.15) is 6.04 Å². The van der Waals surface area contributed by atoms with Crippen LogP contribution in [0.2, 0.25) is 0 Å². The molecule has 10 heteroatoms. The Morgan fingerprint density at radius 1 is 1.17 bits per heavy atom. The number of carbonyl (C=O) groups is 2. The van der Waals surface area contributed by atoms with E-state index in [1.54, 1.807) is 35.4 Å². The Kier molecular flexibility index (Phi) is 6.10. The molecule has 36 heavy (non-hydrogen) atoms. The van der Waals surface area contributed by atoms with Gasteiger partial charge in [-0.05, 0) is 67.9 Å². The topological polar surface area (TPSA) is 89.3 Å². The summed E-state index contributed by atoms with van der Waals surface area (Å²) in [7, 11) is 0. The first-order valence-corrected chi connectivity index (χ1v) is 12.1. The number of hydrogen-bond acceptors (Lipinski definition) is 5. The van der Waals surface area contributed by atoms with E-state index in [2.05, 4.69) is 10.3 Å². The molecule has 7 nitrogen and oxygen atoms in total. The van der Waals surface area contributed by atoms with Gasteiger partial charge in [0.15, 0.2) is 0 Å². The first kappa shape index (κ1) is 24.1. The molecule has 1 spiro atoms. The van der Waals surface area contributed by atoms with E-state index in [1.165, 1.54) is 12.3 Å². The number of likely N-dealkylation sites (tertiary alicyclic amines) is 1. The van der Waals surface area contributed by atoms with Gasteiger partial charge in [-0.3, -0.25) is 14.6 Å². The zero-order valence-corrected chi connectivity index (χ0v) is 19.6. The van der Waals surface area contributed by atoms with Crippen molar-refractivity contribution in [3.8, 4) is 6.07 Å². The number of pyridine rings is 1. The molecular weight excluding hydrogens is 471 g/mol. The fraction of sp³-hybridized carbons (Fsp3) is 0.462. The molecule has 2 aliphatic heterocycles. The number of nitrogens with one attached hydrogen (secondary N) is 1. The molecule has 2 aromatic rings. The summed E-state index contributed by atoms with van der Waals surface area (Å²) in [5.74, 6) is -0.379. The highest BCUT2D eigenvalue weighted by molar-refractivity contribution is 5.98. The van der Waals surface area contributed by atoms with E-state index >= 15 is 0 Å². The highest BCUT2D eigenvalue weighted by Crippen LogP contribution is 2.45. The summed E-state index contributed by atoms with van der Waals surface area (Å²) in [4.78, 5) is 34.0. The molecule has 3 aliphatic rings. The van der Waals surface area contributed by atoms with Crippen LogP contribution in [-0.4, -0.2) is 53.4 Å². The van der Waals surface area contributed by atoms with Gasteiger partial charge in [-0.25, -0.2) is 0 Å². The standard InChI is InChI=1S/C26H26F3N5O2/c27-26(28,29)21-12-20(6-3-17(21)14-30)33-10-7-25(8-11-33)13-22(23(35)32-19-4-5-19)34(16-25)24(36)18-2-1-9-31-15-18/h1-3,6,9,12,15,19,22H,4-5,7-8,10-11,13,16H2,(H,32,35). The minimum absolute atomic E-state index is 0.143. The van der Waals surface area contributed by atoms with Gasteiger partial charge in [0, 0.05) is 43.8 Å². The largest absolute Gasteiger partial charge is 0.417 e. The lowest BCUT2D eigenvalue weighted by Crippen LogP contribution is -2.46. The van der Waals surface area contributed by atoms with Crippen LogP contribution in [-0.2, 0) is 11.0 Å². The van der Waals surface area contributed by atoms with Crippen molar-refractivity contribution in [2.45, 2.75) is 50.4 Å². The molecule has 0 bridgehead atoms. The molecule has 3 fully saturated rings. The SMILES string of the molecule is N#Cc1ccc(N2CCC3(CC2)CC(C(=O)NC2CC2)N(C(=O)c2cccnc2)C3)cc1C(F)(F)F. The molecule has 1 saturated carbocycles. The Morgan fingerprint density at radius 2 is 1.92 bits per heavy atom. The van der Waals surface area contributed by atoms with Crippen LogP contribution in [0.25, 0.3) is 0 Å². The van der Waals surface area contributed by atoms with Gasteiger partial charge in [0.2, 0.25) is 5.91 Å². The van der Waals surface area contributed by atoms with E-state index in [9.17, 15) is 22.8 Å².